The minimum Gasteiger partial charge on any atom is -0.458 e. The van der Waals surface area contributed by atoms with Crippen molar-refractivity contribution in [3.05, 3.63) is 59.2 Å². The zero-order chi connectivity index (χ0) is 23.7. The van der Waals surface area contributed by atoms with Crippen LogP contribution in [0.3, 0.4) is 0 Å². The molecule has 1 aromatic carbocycles. The Hall–Kier alpha value is -2.40. The van der Waals surface area contributed by atoms with Crippen LogP contribution in [-0.2, 0) is 14.3 Å². The maximum atomic E-state index is 13.0. The Labute approximate surface area is 191 Å². The molecule has 2 aliphatic carbocycles. The Balaban J connectivity index is 2.02. The van der Waals surface area contributed by atoms with Gasteiger partial charge in [0, 0.05) is 23.3 Å². The third kappa shape index (κ3) is 4.40. The van der Waals surface area contributed by atoms with E-state index in [1.165, 1.54) is 0 Å². The predicted molar refractivity (Wildman–Crippen MR) is 124 cm³/mol. The number of hydrogen-bond donors (Lipinski definition) is 1. The summed E-state index contributed by atoms with van der Waals surface area (Å²) in [6.45, 7) is 11.6. The molecule has 32 heavy (non-hydrogen) atoms. The number of carbonyl (C=O) groups excluding carboxylic acids is 2. The molecular formula is C27H36O5. The summed E-state index contributed by atoms with van der Waals surface area (Å²) in [6.07, 6.45) is 4.41. The lowest BCUT2D eigenvalue weighted by Crippen LogP contribution is -2.53. The Morgan fingerprint density at radius 2 is 1.81 bits per heavy atom. The standard InChI is InChI=1S/C27H36O5/c1-7-19(5)24(28)32-22-16-18(4)15-21(31-25(29)20-11-9-8-10-12-20)23-26(22,6)13-14-27(23,30)17(2)3/h7-12,16-17,21-23,30H,13-15H2,1-6H3/b19-7-/t21-,22+,23+,26+,27+/m0/s1. The van der Waals surface area contributed by atoms with Gasteiger partial charge in [-0.25, -0.2) is 9.59 Å². The van der Waals surface area contributed by atoms with E-state index >= 15 is 0 Å². The van der Waals surface area contributed by atoms with E-state index in [1.807, 2.05) is 32.9 Å². The van der Waals surface area contributed by atoms with E-state index in [9.17, 15) is 14.7 Å². The van der Waals surface area contributed by atoms with Crippen molar-refractivity contribution < 1.29 is 24.2 Å². The molecule has 5 nitrogen and oxygen atoms in total. The van der Waals surface area contributed by atoms with Gasteiger partial charge in [-0.15, -0.1) is 0 Å². The van der Waals surface area contributed by atoms with Crippen LogP contribution in [0.25, 0.3) is 0 Å². The molecule has 2 aliphatic rings. The lowest BCUT2D eigenvalue weighted by molar-refractivity contribution is -0.159. The third-order valence-electron chi connectivity index (χ3n) is 7.55. The SMILES string of the molecule is C/C=C(/C)C(=O)O[C@@H]1C=C(C)C[C@H](OC(=O)c2ccccc2)[C@@H]2[C@]1(C)CC[C@@]2(O)C(C)C. The van der Waals surface area contributed by atoms with E-state index in [0.717, 1.165) is 5.57 Å². The molecule has 0 amide bonds. The molecule has 3 rings (SSSR count). The van der Waals surface area contributed by atoms with Crippen LogP contribution in [0.2, 0.25) is 0 Å². The maximum Gasteiger partial charge on any atom is 0.338 e. The second-order valence-electron chi connectivity index (χ2n) is 9.95. The highest BCUT2D eigenvalue weighted by molar-refractivity contribution is 5.89. The Morgan fingerprint density at radius 3 is 2.41 bits per heavy atom. The van der Waals surface area contributed by atoms with E-state index in [2.05, 4.69) is 6.92 Å². The summed E-state index contributed by atoms with van der Waals surface area (Å²) in [6, 6.07) is 8.92. The highest BCUT2D eigenvalue weighted by atomic mass is 16.6. The van der Waals surface area contributed by atoms with Gasteiger partial charge in [0.1, 0.15) is 12.2 Å². The lowest BCUT2D eigenvalue weighted by Gasteiger charge is -2.45. The molecule has 0 spiro atoms. The molecular weight excluding hydrogens is 404 g/mol. The first-order chi connectivity index (χ1) is 15.0. The van der Waals surface area contributed by atoms with E-state index in [1.54, 1.807) is 44.2 Å². The summed E-state index contributed by atoms with van der Waals surface area (Å²) in [5.41, 5.74) is 0.410. The van der Waals surface area contributed by atoms with Gasteiger partial charge in [0.15, 0.2) is 0 Å². The van der Waals surface area contributed by atoms with Crippen LogP contribution in [0.15, 0.2) is 53.6 Å². The summed E-state index contributed by atoms with van der Waals surface area (Å²) in [7, 11) is 0. The molecule has 5 atom stereocenters. The fraction of sp³-hybridized carbons (Fsp3) is 0.556. The summed E-state index contributed by atoms with van der Waals surface area (Å²) < 4.78 is 12.1. The number of fused-ring (bicyclic) bond motifs is 1. The Morgan fingerprint density at radius 1 is 1.16 bits per heavy atom. The Kier molecular flexibility index (Phi) is 6.99. The normalized spacial score (nSPS) is 32.7. The summed E-state index contributed by atoms with van der Waals surface area (Å²) in [4.78, 5) is 25.6. The van der Waals surface area contributed by atoms with Gasteiger partial charge in [-0.3, -0.25) is 0 Å². The number of aliphatic hydroxyl groups is 1. The molecule has 1 fully saturated rings. The molecule has 0 unspecified atom stereocenters. The molecule has 0 bridgehead atoms. The number of esters is 2. The van der Waals surface area contributed by atoms with Crippen molar-refractivity contribution in [3.63, 3.8) is 0 Å². The van der Waals surface area contributed by atoms with Crippen LogP contribution in [0.4, 0.5) is 0 Å². The van der Waals surface area contributed by atoms with Crippen LogP contribution < -0.4 is 0 Å². The minimum atomic E-state index is -1.03. The van der Waals surface area contributed by atoms with E-state index in [4.69, 9.17) is 9.47 Å². The van der Waals surface area contributed by atoms with Crippen molar-refractivity contribution >= 4 is 11.9 Å². The van der Waals surface area contributed by atoms with E-state index in [-0.39, 0.29) is 17.8 Å². The fourth-order valence-electron chi connectivity index (χ4n) is 5.40. The zero-order valence-corrected chi connectivity index (χ0v) is 20.1. The van der Waals surface area contributed by atoms with Crippen molar-refractivity contribution in [2.45, 2.75) is 78.6 Å². The van der Waals surface area contributed by atoms with E-state index < -0.39 is 29.2 Å². The second-order valence-corrected chi connectivity index (χ2v) is 9.95. The fourth-order valence-corrected chi connectivity index (χ4v) is 5.40. The van der Waals surface area contributed by atoms with Crippen LogP contribution in [-0.4, -0.2) is 34.9 Å². The van der Waals surface area contributed by atoms with Crippen LogP contribution in [0, 0.1) is 17.3 Å². The minimum absolute atomic E-state index is 0.0423. The van der Waals surface area contributed by atoms with Gasteiger partial charge in [0.2, 0.25) is 0 Å². The largest absolute Gasteiger partial charge is 0.458 e. The molecule has 0 saturated heterocycles. The molecule has 174 valence electrons. The van der Waals surface area contributed by atoms with Gasteiger partial charge in [0.25, 0.3) is 0 Å². The maximum absolute atomic E-state index is 13.0. The van der Waals surface area contributed by atoms with Crippen LogP contribution in [0.5, 0.6) is 0 Å². The molecule has 1 N–H and O–H groups in total. The molecule has 1 aromatic rings. The lowest BCUT2D eigenvalue weighted by atomic mass is 9.66. The van der Waals surface area contributed by atoms with Gasteiger partial charge in [-0.2, -0.15) is 0 Å². The van der Waals surface area contributed by atoms with Crippen molar-refractivity contribution in [3.8, 4) is 0 Å². The predicted octanol–water partition coefficient (Wildman–Crippen LogP) is 5.24. The van der Waals surface area contributed by atoms with Gasteiger partial charge < -0.3 is 14.6 Å². The summed E-state index contributed by atoms with van der Waals surface area (Å²) >= 11 is 0. The highest BCUT2D eigenvalue weighted by Crippen LogP contribution is 2.58. The number of hydrogen-bond acceptors (Lipinski definition) is 5. The van der Waals surface area contributed by atoms with Crippen LogP contribution in [0.1, 0.15) is 71.2 Å². The highest BCUT2D eigenvalue weighted by Gasteiger charge is 2.63. The van der Waals surface area contributed by atoms with Crippen molar-refractivity contribution in [2.75, 3.05) is 0 Å². The van der Waals surface area contributed by atoms with E-state index in [0.29, 0.717) is 30.4 Å². The third-order valence-corrected chi connectivity index (χ3v) is 7.55. The first kappa shape index (κ1) is 24.2. The molecule has 0 aliphatic heterocycles. The van der Waals surface area contributed by atoms with Gasteiger partial charge in [0.05, 0.1) is 11.2 Å². The Bertz CT molecular complexity index is 915. The number of rotatable bonds is 5. The molecule has 0 radical (unpaired) electrons. The van der Waals surface area contributed by atoms with Crippen LogP contribution >= 0.6 is 0 Å². The number of allylic oxidation sites excluding steroid dienone is 1. The zero-order valence-electron chi connectivity index (χ0n) is 20.1. The molecule has 0 heterocycles. The number of ether oxygens (including phenoxy) is 2. The first-order valence-corrected chi connectivity index (χ1v) is 11.5. The topological polar surface area (TPSA) is 72.8 Å². The van der Waals surface area contributed by atoms with Gasteiger partial charge >= 0.3 is 11.9 Å². The summed E-state index contributed by atoms with van der Waals surface area (Å²) in [5, 5.41) is 11.8. The van der Waals surface area contributed by atoms with Crippen molar-refractivity contribution in [1.82, 2.24) is 0 Å². The number of carbonyl (C=O) groups is 2. The first-order valence-electron chi connectivity index (χ1n) is 11.5. The monoisotopic (exact) mass is 440 g/mol. The summed E-state index contributed by atoms with van der Waals surface area (Å²) in [5.74, 6) is -1.18. The second kappa shape index (κ2) is 9.22. The van der Waals surface area contributed by atoms with Gasteiger partial charge in [-0.1, -0.05) is 50.6 Å². The van der Waals surface area contributed by atoms with Crippen molar-refractivity contribution in [1.29, 1.82) is 0 Å². The quantitative estimate of drug-likeness (QED) is 0.385. The molecule has 5 heteroatoms. The van der Waals surface area contributed by atoms with Gasteiger partial charge in [-0.05, 0) is 57.7 Å². The smallest absolute Gasteiger partial charge is 0.338 e. The average molecular weight is 441 g/mol. The average Bonchev–Trinajstić information content (AvgIpc) is 3.00. The van der Waals surface area contributed by atoms with Crippen molar-refractivity contribution in [2.24, 2.45) is 17.3 Å². The molecule has 0 aromatic heterocycles. The number of benzene rings is 1. The molecule has 1 saturated carbocycles.